The van der Waals surface area contributed by atoms with Gasteiger partial charge in [-0.1, -0.05) is 17.7 Å². The van der Waals surface area contributed by atoms with Gasteiger partial charge >= 0.3 is 5.97 Å². The number of nitro benzene ring substituents is 1. The van der Waals surface area contributed by atoms with Gasteiger partial charge in [-0.05, 0) is 91.3 Å². The molecule has 0 aliphatic carbocycles. The van der Waals surface area contributed by atoms with Gasteiger partial charge in [-0.25, -0.2) is 4.79 Å². The minimum Gasteiger partial charge on any atom is -0.490 e. The number of aromatic nitrogens is 3. The average molecular weight is 581 g/mol. The van der Waals surface area contributed by atoms with Crippen LogP contribution < -0.4 is 9.47 Å². The van der Waals surface area contributed by atoms with Gasteiger partial charge in [0.25, 0.3) is 5.69 Å². The van der Waals surface area contributed by atoms with E-state index in [0.29, 0.717) is 46.2 Å². The van der Waals surface area contributed by atoms with Gasteiger partial charge in [0, 0.05) is 29.3 Å². The molecule has 0 bridgehead atoms. The van der Waals surface area contributed by atoms with Crippen molar-refractivity contribution in [1.29, 1.82) is 0 Å². The van der Waals surface area contributed by atoms with Gasteiger partial charge in [0.05, 0.1) is 11.5 Å². The normalized spacial score (nSPS) is 11.3. The minimum absolute atomic E-state index is 0.000361. The summed E-state index contributed by atoms with van der Waals surface area (Å²) in [5.74, 6) is 0.398. The molecule has 3 aromatic carbocycles. The summed E-state index contributed by atoms with van der Waals surface area (Å²) in [4.78, 5) is 22.6. The lowest BCUT2D eigenvalue weighted by atomic mass is 10.2. The largest absolute Gasteiger partial charge is 0.490 e. The van der Waals surface area contributed by atoms with E-state index in [1.807, 2.05) is 30.5 Å². The van der Waals surface area contributed by atoms with Crippen LogP contribution in [0.15, 0.2) is 76.8 Å². The van der Waals surface area contributed by atoms with E-state index in [0.717, 1.165) is 22.9 Å². The molecule has 1 N–H and O–H groups in total. The molecule has 0 aliphatic heterocycles. The molecule has 0 fully saturated rings. The van der Waals surface area contributed by atoms with Gasteiger partial charge in [-0.3, -0.25) is 10.1 Å². The third kappa shape index (κ3) is 6.99. The molecule has 0 aliphatic rings. The van der Waals surface area contributed by atoms with Crippen molar-refractivity contribution in [3.8, 4) is 22.9 Å². The lowest BCUT2D eigenvalue weighted by Gasteiger charge is -2.13. The second kappa shape index (κ2) is 13.1. The number of carboxylic acid groups (broad SMARTS) is 1. The third-order valence-corrected chi connectivity index (χ3v) is 6.90. The first-order valence-electron chi connectivity index (χ1n) is 12.2. The van der Waals surface area contributed by atoms with Crippen LogP contribution >= 0.6 is 23.4 Å². The van der Waals surface area contributed by atoms with Crippen LogP contribution in [0.3, 0.4) is 0 Å². The van der Waals surface area contributed by atoms with Crippen LogP contribution in [-0.4, -0.2) is 37.4 Å². The summed E-state index contributed by atoms with van der Waals surface area (Å²) in [7, 11) is 0. The zero-order valence-corrected chi connectivity index (χ0v) is 23.2. The number of hydrogen-bond donors (Lipinski definition) is 1. The highest BCUT2D eigenvalue weighted by Gasteiger charge is 2.19. The zero-order chi connectivity index (χ0) is 28.6. The van der Waals surface area contributed by atoms with Crippen LogP contribution in [0.1, 0.15) is 25.0 Å². The summed E-state index contributed by atoms with van der Waals surface area (Å²) in [6.45, 7) is 4.84. The maximum atomic E-state index is 12.2. The Kier molecular flexibility index (Phi) is 9.41. The average Bonchev–Trinajstić information content (AvgIpc) is 3.35. The van der Waals surface area contributed by atoms with E-state index in [9.17, 15) is 20.0 Å². The standard InChI is InChI=1S/C28H25ClN4O6S/c1-3-32-26(20-8-10-21(29)11-9-20)30-31-28(32)40-25(27(34)35)16-19-7-14-23(24(15-19)38-4-2)39-17-18-5-12-22(13-6-18)33(36)37/h5-16H,3-4,17H2,1-2H3,(H,34,35)/b25-16-. The minimum atomic E-state index is -1.11. The Balaban J connectivity index is 1.56. The lowest BCUT2D eigenvalue weighted by molar-refractivity contribution is -0.384. The van der Waals surface area contributed by atoms with E-state index in [1.54, 1.807) is 42.5 Å². The number of rotatable bonds is 12. The molecule has 10 nitrogen and oxygen atoms in total. The SMILES string of the molecule is CCOc1cc(/C=C(\Sc2nnc(-c3ccc(Cl)cc3)n2CC)C(=O)O)ccc1OCc1ccc([N+](=O)[O-])cc1. The number of ether oxygens (including phenoxy) is 2. The van der Waals surface area contributed by atoms with Gasteiger partial charge < -0.3 is 19.1 Å². The molecule has 0 spiro atoms. The number of non-ortho nitro benzene ring substituents is 1. The monoisotopic (exact) mass is 580 g/mol. The summed E-state index contributed by atoms with van der Waals surface area (Å²) in [5, 5.41) is 30.4. The number of aliphatic carboxylic acids is 1. The number of carbonyl (C=O) groups is 1. The Labute approximate surface area is 239 Å². The van der Waals surface area contributed by atoms with Crippen molar-refractivity contribution >= 4 is 41.1 Å². The Morgan fingerprint density at radius 3 is 2.40 bits per heavy atom. The van der Waals surface area contributed by atoms with Crippen LogP contribution in [0, 0.1) is 10.1 Å². The predicted molar refractivity (Wildman–Crippen MR) is 153 cm³/mol. The van der Waals surface area contributed by atoms with Crippen LogP contribution in [0.4, 0.5) is 5.69 Å². The molecular formula is C28H25ClN4O6S. The second-order valence-electron chi connectivity index (χ2n) is 8.32. The molecule has 4 aromatic rings. The van der Waals surface area contributed by atoms with Crippen molar-refractivity contribution in [1.82, 2.24) is 14.8 Å². The number of thioether (sulfide) groups is 1. The Morgan fingerprint density at radius 2 is 1.77 bits per heavy atom. The van der Waals surface area contributed by atoms with Crippen molar-refractivity contribution < 1.29 is 24.3 Å². The summed E-state index contributed by atoms with van der Waals surface area (Å²) in [6.07, 6.45) is 1.53. The predicted octanol–water partition coefficient (Wildman–Crippen LogP) is 6.72. The molecule has 12 heteroatoms. The number of nitro groups is 1. The van der Waals surface area contributed by atoms with Crippen molar-refractivity contribution in [3.05, 3.63) is 97.9 Å². The molecule has 40 heavy (non-hydrogen) atoms. The molecule has 1 aromatic heterocycles. The molecule has 0 unspecified atom stereocenters. The number of halogens is 1. The number of carboxylic acids is 1. The Morgan fingerprint density at radius 1 is 1.05 bits per heavy atom. The van der Waals surface area contributed by atoms with E-state index in [-0.39, 0.29) is 17.2 Å². The molecular weight excluding hydrogens is 556 g/mol. The van der Waals surface area contributed by atoms with E-state index in [4.69, 9.17) is 21.1 Å². The van der Waals surface area contributed by atoms with E-state index >= 15 is 0 Å². The van der Waals surface area contributed by atoms with Crippen LogP contribution in [0.5, 0.6) is 11.5 Å². The van der Waals surface area contributed by atoms with Gasteiger partial charge in [-0.2, -0.15) is 0 Å². The summed E-state index contributed by atoms with van der Waals surface area (Å²) in [6, 6.07) is 18.4. The zero-order valence-electron chi connectivity index (χ0n) is 21.6. The summed E-state index contributed by atoms with van der Waals surface area (Å²) in [5.41, 5.74) is 2.16. The van der Waals surface area contributed by atoms with Gasteiger partial charge in [-0.15, -0.1) is 10.2 Å². The maximum Gasteiger partial charge on any atom is 0.342 e. The number of nitrogens with zero attached hydrogens (tertiary/aromatic N) is 4. The van der Waals surface area contributed by atoms with Crippen LogP contribution in [-0.2, 0) is 17.9 Å². The first-order chi connectivity index (χ1) is 19.3. The molecule has 206 valence electrons. The highest BCUT2D eigenvalue weighted by molar-refractivity contribution is 8.04. The molecule has 0 amide bonds. The fraction of sp³-hybridized carbons (Fsp3) is 0.179. The van der Waals surface area contributed by atoms with Crippen LogP contribution in [0.25, 0.3) is 17.5 Å². The summed E-state index contributed by atoms with van der Waals surface area (Å²) >= 11 is 7.00. The fourth-order valence-electron chi connectivity index (χ4n) is 3.72. The van der Waals surface area contributed by atoms with E-state index in [2.05, 4.69) is 10.2 Å². The number of benzene rings is 3. The maximum absolute atomic E-state index is 12.2. The molecule has 0 saturated heterocycles. The highest BCUT2D eigenvalue weighted by atomic mass is 35.5. The smallest absolute Gasteiger partial charge is 0.342 e. The first-order valence-corrected chi connectivity index (χ1v) is 13.4. The molecule has 4 rings (SSSR count). The van der Waals surface area contributed by atoms with Gasteiger partial charge in [0.1, 0.15) is 11.5 Å². The first kappa shape index (κ1) is 28.7. The Hall–Kier alpha value is -4.35. The topological polar surface area (TPSA) is 130 Å². The van der Waals surface area contributed by atoms with E-state index < -0.39 is 10.9 Å². The van der Waals surface area contributed by atoms with Crippen molar-refractivity contribution in [2.24, 2.45) is 0 Å². The molecule has 0 saturated carbocycles. The van der Waals surface area contributed by atoms with Crippen LogP contribution in [0.2, 0.25) is 5.02 Å². The quantitative estimate of drug-likeness (QED) is 0.0839. The highest BCUT2D eigenvalue weighted by Crippen LogP contribution is 2.34. The lowest BCUT2D eigenvalue weighted by Crippen LogP contribution is -2.03. The fourth-order valence-corrected chi connectivity index (χ4v) is 4.74. The molecule has 1 heterocycles. The Bertz CT molecular complexity index is 1540. The summed E-state index contributed by atoms with van der Waals surface area (Å²) < 4.78 is 13.5. The van der Waals surface area contributed by atoms with E-state index in [1.165, 1.54) is 18.2 Å². The van der Waals surface area contributed by atoms with Gasteiger partial charge in [0.15, 0.2) is 22.5 Å². The number of hydrogen-bond acceptors (Lipinski definition) is 8. The third-order valence-electron chi connectivity index (χ3n) is 5.65. The van der Waals surface area contributed by atoms with Gasteiger partial charge in [0.2, 0.25) is 0 Å². The van der Waals surface area contributed by atoms with Crippen molar-refractivity contribution in [2.45, 2.75) is 32.2 Å². The second-order valence-corrected chi connectivity index (χ2v) is 9.77. The molecule has 0 atom stereocenters. The van der Waals surface area contributed by atoms with Crippen molar-refractivity contribution in [3.63, 3.8) is 0 Å². The molecule has 0 radical (unpaired) electrons. The van der Waals surface area contributed by atoms with Crippen molar-refractivity contribution in [2.75, 3.05) is 6.61 Å².